The lowest BCUT2D eigenvalue weighted by Crippen LogP contribution is -3.00. The van der Waals surface area contributed by atoms with Crippen molar-refractivity contribution in [3.63, 3.8) is 0 Å². The molecule has 148 valence electrons. The standard InChI is InChI=1S/C21H38N.CH5N.ClH/c1-2-3-4-5-6-7-8-9-10-11-12-13-14-16-19-22-20-17-15-18-21-22;1-2;/h15,17-18,20-21H,2-14,16,19H2,1H3;2H2,1H3;1H/q+1;;. The highest BCUT2D eigenvalue weighted by Gasteiger charge is 1.98. The lowest BCUT2D eigenvalue weighted by molar-refractivity contribution is -0.697. The molecule has 1 aromatic rings. The second-order valence-corrected chi connectivity index (χ2v) is 6.71. The minimum atomic E-state index is 0. The number of hydrogen-bond acceptors (Lipinski definition) is 0. The van der Waals surface area contributed by atoms with Gasteiger partial charge in [0.05, 0.1) is 7.05 Å². The first-order chi connectivity index (χ1) is 11.9. The quantitative estimate of drug-likeness (QED) is 0.362. The fraction of sp³-hybridized carbons (Fsp3) is 0.773. The Morgan fingerprint density at radius 2 is 0.920 bits per heavy atom. The van der Waals surface area contributed by atoms with Crippen molar-refractivity contribution in [1.82, 2.24) is 0 Å². The van der Waals surface area contributed by atoms with Gasteiger partial charge in [0.2, 0.25) is 0 Å². The third-order valence-corrected chi connectivity index (χ3v) is 4.55. The Morgan fingerprint density at radius 1 is 0.560 bits per heavy atom. The maximum atomic E-state index is 3.25. The molecule has 1 aromatic heterocycles. The molecular formula is C22H44ClN2+. The first-order valence-electron chi connectivity index (χ1n) is 10.6. The predicted molar refractivity (Wildman–Crippen MR) is 106 cm³/mol. The van der Waals surface area contributed by atoms with Crippen molar-refractivity contribution in [3.05, 3.63) is 30.6 Å². The van der Waals surface area contributed by atoms with E-state index in [1.54, 1.807) is 7.05 Å². The smallest absolute Gasteiger partial charge is 0.168 e. The van der Waals surface area contributed by atoms with Crippen molar-refractivity contribution in [3.8, 4) is 0 Å². The van der Waals surface area contributed by atoms with Gasteiger partial charge in [0.1, 0.15) is 6.54 Å². The molecule has 0 saturated carbocycles. The molecule has 0 spiro atoms. The number of nitrogens with zero attached hydrogens (tertiary/aromatic N) is 1. The molecular weight excluding hydrogens is 328 g/mol. The Balaban J connectivity index is 0. The number of pyridine rings is 1. The van der Waals surface area contributed by atoms with Crippen molar-refractivity contribution < 1.29 is 22.7 Å². The Bertz CT molecular complexity index is 330. The van der Waals surface area contributed by atoms with Crippen LogP contribution < -0.4 is 22.7 Å². The lowest BCUT2D eigenvalue weighted by atomic mass is 10.0. The van der Waals surface area contributed by atoms with Gasteiger partial charge < -0.3 is 18.1 Å². The molecule has 25 heavy (non-hydrogen) atoms. The molecule has 2 nitrogen and oxygen atoms in total. The van der Waals surface area contributed by atoms with Gasteiger partial charge in [-0.15, -0.1) is 0 Å². The zero-order valence-electron chi connectivity index (χ0n) is 17.0. The molecule has 0 fully saturated rings. The summed E-state index contributed by atoms with van der Waals surface area (Å²) < 4.78 is 2.29. The zero-order valence-corrected chi connectivity index (χ0v) is 17.8. The molecule has 0 aromatic carbocycles. The van der Waals surface area contributed by atoms with Crippen LogP contribution in [0.15, 0.2) is 30.6 Å². The van der Waals surface area contributed by atoms with Crippen LogP contribution in [0.3, 0.4) is 0 Å². The van der Waals surface area contributed by atoms with E-state index in [1.807, 2.05) is 0 Å². The fourth-order valence-corrected chi connectivity index (χ4v) is 3.07. The van der Waals surface area contributed by atoms with Crippen molar-refractivity contribution >= 4 is 0 Å². The maximum Gasteiger partial charge on any atom is 0.168 e. The van der Waals surface area contributed by atoms with Crippen LogP contribution in [0.25, 0.3) is 0 Å². The summed E-state index contributed by atoms with van der Waals surface area (Å²) in [4.78, 5) is 0. The second kappa shape index (κ2) is 23.4. The molecule has 0 aliphatic heterocycles. The van der Waals surface area contributed by atoms with Gasteiger partial charge in [-0.2, -0.15) is 0 Å². The van der Waals surface area contributed by atoms with Crippen molar-refractivity contribution in [2.75, 3.05) is 7.05 Å². The number of rotatable bonds is 15. The Morgan fingerprint density at radius 3 is 1.32 bits per heavy atom. The highest BCUT2D eigenvalue weighted by atomic mass is 35.5. The van der Waals surface area contributed by atoms with E-state index < -0.39 is 0 Å². The number of halogens is 1. The van der Waals surface area contributed by atoms with E-state index in [0.717, 1.165) is 0 Å². The second-order valence-electron chi connectivity index (χ2n) is 6.71. The first-order valence-corrected chi connectivity index (χ1v) is 10.6. The van der Waals surface area contributed by atoms with Crippen molar-refractivity contribution in [2.24, 2.45) is 0 Å². The molecule has 0 atom stereocenters. The van der Waals surface area contributed by atoms with Gasteiger partial charge in [-0.3, -0.25) is 0 Å². The van der Waals surface area contributed by atoms with Crippen LogP contribution in [-0.4, -0.2) is 7.05 Å². The topological polar surface area (TPSA) is 31.5 Å². The van der Waals surface area contributed by atoms with Gasteiger partial charge >= 0.3 is 0 Å². The molecule has 3 heteroatoms. The number of unbranched alkanes of at least 4 members (excludes halogenated alkanes) is 13. The average Bonchev–Trinajstić information content (AvgIpc) is 2.64. The highest BCUT2D eigenvalue weighted by molar-refractivity contribution is 4.83. The van der Waals surface area contributed by atoms with E-state index in [1.165, 1.54) is 96.4 Å². The summed E-state index contributed by atoms with van der Waals surface area (Å²) in [6, 6.07) is 6.31. The zero-order chi connectivity index (χ0) is 17.7. The Hall–Kier alpha value is -0.600. The summed E-state index contributed by atoms with van der Waals surface area (Å²) in [7, 11) is 1.75. The summed E-state index contributed by atoms with van der Waals surface area (Å²) in [5, 5.41) is 0. The van der Waals surface area contributed by atoms with Crippen molar-refractivity contribution in [1.29, 1.82) is 0 Å². The fourth-order valence-electron chi connectivity index (χ4n) is 3.07. The number of quaternary nitrogens is 1. The third-order valence-electron chi connectivity index (χ3n) is 4.55. The molecule has 1 heterocycles. The number of aromatic nitrogens is 1. The molecule has 3 N–H and O–H groups in total. The van der Waals surface area contributed by atoms with Crippen LogP contribution in [0.1, 0.15) is 96.8 Å². The summed E-state index contributed by atoms with van der Waals surface area (Å²) in [5.74, 6) is 0. The lowest BCUT2D eigenvalue weighted by Gasteiger charge is -2.02. The molecule has 0 aliphatic rings. The molecule has 0 saturated heterocycles. The SMILES string of the molecule is CCCCCCCCCCCCCCCC[n+]1ccccc1.C[NH3+].[Cl-]. The average molecular weight is 372 g/mol. The van der Waals surface area contributed by atoms with E-state index in [4.69, 9.17) is 0 Å². The van der Waals surface area contributed by atoms with Gasteiger partial charge in [0, 0.05) is 18.6 Å². The number of aryl methyl sites for hydroxylation is 1. The first kappa shape index (κ1) is 26.6. The third kappa shape index (κ3) is 19.6. The van der Waals surface area contributed by atoms with Crippen LogP contribution >= 0.6 is 0 Å². The summed E-state index contributed by atoms with van der Waals surface area (Å²) in [6.45, 7) is 3.47. The number of hydrogen-bond donors (Lipinski definition) is 1. The van der Waals surface area contributed by atoms with Crippen molar-refractivity contribution in [2.45, 2.75) is 103 Å². The summed E-state index contributed by atoms with van der Waals surface area (Å²) in [6.07, 6.45) is 24.4. The van der Waals surface area contributed by atoms with E-state index in [-0.39, 0.29) is 12.4 Å². The largest absolute Gasteiger partial charge is 1.00 e. The molecule has 0 unspecified atom stereocenters. The predicted octanol–water partition coefficient (Wildman–Crippen LogP) is 2.32. The summed E-state index contributed by atoms with van der Waals surface area (Å²) in [5.41, 5.74) is 3.25. The molecule has 0 radical (unpaired) electrons. The summed E-state index contributed by atoms with van der Waals surface area (Å²) >= 11 is 0. The molecule has 0 bridgehead atoms. The normalized spacial score (nSPS) is 9.88. The van der Waals surface area contributed by atoms with Crippen LogP contribution in [0.5, 0.6) is 0 Å². The maximum absolute atomic E-state index is 3.25. The van der Waals surface area contributed by atoms with Crippen LogP contribution in [0, 0.1) is 0 Å². The minimum Gasteiger partial charge on any atom is -1.00 e. The Labute approximate surface area is 164 Å². The van der Waals surface area contributed by atoms with Gasteiger partial charge in [0.15, 0.2) is 12.4 Å². The minimum absolute atomic E-state index is 0. The molecule has 0 amide bonds. The van der Waals surface area contributed by atoms with Gasteiger partial charge in [0.25, 0.3) is 0 Å². The van der Waals surface area contributed by atoms with E-state index in [0.29, 0.717) is 0 Å². The van der Waals surface area contributed by atoms with Gasteiger partial charge in [-0.1, -0.05) is 90.0 Å². The Kier molecular flexibility index (Phi) is 24.9. The van der Waals surface area contributed by atoms with Crippen LogP contribution in [-0.2, 0) is 6.54 Å². The van der Waals surface area contributed by atoms with Gasteiger partial charge in [-0.25, -0.2) is 4.57 Å². The van der Waals surface area contributed by atoms with E-state index in [9.17, 15) is 0 Å². The van der Waals surface area contributed by atoms with Gasteiger partial charge in [-0.05, 0) is 6.42 Å². The highest BCUT2D eigenvalue weighted by Crippen LogP contribution is 2.12. The monoisotopic (exact) mass is 371 g/mol. The van der Waals surface area contributed by atoms with E-state index in [2.05, 4.69) is 47.8 Å². The van der Waals surface area contributed by atoms with Crippen LogP contribution in [0.2, 0.25) is 0 Å². The van der Waals surface area contributed by atoms with E-state index >= 15 is 0 Å². The molecule has 0 aliphatic carbocycles. The van der Waals surface area contributed by atoms with Crippen LogP contribution in [0.4, 0.5) is 0 Å². The molecule has 1 rings (SSSR count).